The number of nitrogens with one attached hydrogen (secondary N) is 1. The molecule has 0 aromatic heterocycles. The maximum absolute atomic E-state index is 5.44. The normalized spacial score (nSPS) is 10.6. The van der Waals surface area contributed by atoms with Crippen LogP contribution in [0.25, 0.3) is 0 Å². The van der Waals surface area contributed by atoms with Gasteiger partial charge < -0.3 is 14.8 Å². The van der Waals surface area contributed by atoms with Gasteiger partial charge in [-0.25, -0.2) is 0 Å². The van der Waals surface area contributed by atoms with Crippen LogP contribution < -0.4 is 5.32 Å². The fourth-order valence-electron chi connectivity index (χ4n) is 0.922. The predicted octanol–water partition coefficient (Wildman–Crippen LogP) is 1.26. The molecule has 0 saturated carbocycles. The van der Waals surface area contributed by atoms with Gasteiger partial charge in [0.2, 0.25) is 0 Å². The molecule has 0 rings (SSSR count). The van der Waals surface area contributed by atoms with Gasteiger partial charge in [-0.3, -0.25) is 0 Å². The van der Waals surface area contributed by atoms with Crippen LogP contribution in [0.2, 0.25) is 0 Å². The van der Waals surface area contributed by atoms with E-state index < -0.39 is 0 Å². The quantitative estimate of drug-likeness (QED) is 0.434. The molecule has 0 aliphatic rings. The van der Waals surface area contributed by atoms with Gasteiger partial charge in [0.15, 0.2) is 0 Å². The second-order valence-corrected chi connectivity index (χ2v) is 3.13. The van der Waals surface area contributed by atoms with Crippen LogP contribution in [0.15, 0.2) is 0 Å². The lowest BCUT2D eigenvalue weighted by atomic mass is 10.3. The minimum Gasteiger partial charge on any atom is -0.385 e. The van der Waals surface area contributed by atoms with E-state index in [0.29, 0.717) is 12.5 Å². The first-order valence-corrected chi connectivity index (χ1v) is 5.28. The van der Waals surface area contributed by atoms with Gasteiger partial charge >= 0.3 is 0 Å². The lowest BCUT2D eigenvalue weighted by Crippen LogP contribution is -2.21. The zero-order valence-corrected chi connectivity index (χ0v) is 9.11. The molecule has 0 fully saturated rings. The van der Waals surface area contributed by atoms with Crippen molar-refractivity contribution in [3.8, 4) is 0 Å². The predicted molar refractivity (Wildman–Crippen MR) is 55.5 cm³/mol. The molecule has 0 atom stereocenters. The molecule has 0 aromatic carbocycles. The second kappa shape index (κ2) is 12.2. The van der Waals surface area contributed by atoms with Crippen LogP contribution in [0.5, 0.6) is 0 Å². The van der Waals surface area contributed by atoms with E-state index in [1.165, 1.54) is 0 Å². The molecular formula is C9H20ClNO2. The Balaban J connectivity index is 2.76. The van der Waals surface area contributed by atoms with Gasteiger partial charge in [-0.05, 0) is 19.4 Å². The summed E-state index contributed by atoms with van der Waals surface area (Å²) >= 11 is 5.44. The molecule has 0 bridgehead atoms. The Labute approximate surface area is 85.7 Å². The highest BCUT2D eigenvalue weighted by atomic mass is 35.5. The van der Waals surface area contributed by atoms with Gasteiger partial charge in [0, 0.05) is 26.1 Å². The molecule has 13 heavy (non-hydrogen) atoms. The number of hydrogen-bond acceptors (Lipinski definition) is 3. The molecule has 4 heteroatoms. The van der Waals surface area contributed by atoms with Crippen LogP contribution >= 0.6 is 11.6 Å². The first-order valence-electron chi connectivity index (χ1n) is 4.75. The van der Waals surface area contributed by atoms with E-state index >= 15 is 0 Å². The average molecular weight is 210 g/mol. The van der Waals surface area contributed by atoms with Crippen LogP contribution in [0, 0.1) is 0 Å². The van der Waals surface area contributed by atoms with Crippen LogP contribution in [-0.4, -0.2) is 45.9 Å². The Morgan fingerprint density at radius 2 is 1.92 bits per heavy atom. The lowest BCUT2D eigenvalue weighted by molar-refractivity contribution is 0.150. The van der Waals surface area contributed by atoms with Crippen LogP contribution in [-0.2, 0) is 9.47 Å². The molecule has 0 aliphatic carbocycles. The molecule has 0 radical (unpaired) electrons. The molecule has 0 heterocycles. The van der Waals surface area contributed by atoms with Crippen LogP contribution in [0.4, 0.5) is 0 Å². The molecule has 0 spiro atoms. The van der Waals surface area contributed by atoms with E-state index in [4.69, 9.17) is 21.1 Å². The third-order valence-electron chi connectivity index (χ3n) is 1.60. The molecule has 80 valence electrons. The van der Waals surface area contributed by atoms with E-state index in [9.17, 15) is 0 Å². The maximum atomic E-state index is 5.44. The summed E-state index contributed by atoms with van der Waals surface area (Å²) in [4.78, 5) is 0. The third kappa shape index (κ3) is 12.2. The number of halogens is 1. The van der Waals surface area contributed by atoms with Crippen LogP contribution in [0.1, 0.15) is 12.8 Å². The van der Waals surface area contributed by atoms with Crippen molar-refractivity contribution in [1.29, 1.82) is 0 Å². The summed E-state index contributed by atoms with van der Waals surface area (Å²) in [6.45, 7) is 4.19. The van der Waals surface area contributed by atoms with Crippen molar-refractivity contribution in [2.75, 3.05) is 45.9 Å². The van der Waals surface area contributed by atoms with Gasteiger partial charge in [0.25, 0.3) is 0 Å². The molecule has 0 saturated heterocycles. The van der Waals surface area contributed by atoms with Gasteiger partial charge in [-0.2, -0.15) is 0 Å². The smallest absolute Gasteiger partial charge is 0.0602 e. The summed E-state index contributed by atoms with van der Waals surface area (Å²) < 4.78 is 10.1. The summed E-state index contributed by atoms with van der Waals surface area (Å²) in [5, 5.41) is 3.28. The molecule has 0 aromatic rings. The van der Waals surface area contributed by atoms with Crippen molar-refractivity contribution in [2.45, 2.75) is 12.8 Å². The Kier molecular flexibility index (Phi) is 12.3. The zero-order chi connectivity index (χ0) is 9.78. The second-order valence-electron chi connectivity index (χ2n) is 2.75. The summed E-state index contributed by atoms with van der Waals surface area (Å²) in [6, 6.07) is 0. The summed E-state index contributed by atoms with van der Waals surface area (Å²) in [7, 11) is 1.73. The Hall–Kier alpha value is 0.170. The Morgan fingerprint density at radius 1 is 1.08 bits per heavy atom. The number of rotatable bonds is 10. The number of hydrogen-bond donors (Lipinski definition) is 1. The van der Waals surface area contributed by atoms with E-state index in [2.05, 4.69) is 5.32 Å². The Bertz CT molecular complexity index is 83.7. The first kappa shape index (κ1) is 13.2. The number of unbranched alkanes of at least 4 members (excludes halogenated alkanes) is 1. The minimum atomic E-state index is 0.577. The molecule has 1 N–H and O–H groups in total. The highest BCUT2D eigenvalue weighted by molar-refractivity contribution is 6.17. The fraction of sp³-hybridized carbons (Fsp3) is 1.00. The van der Waals surface area contributed by atoms with Gasteiger partial charge in [0.1, 0.15) is 0 Å². The van der Waals surface area contributed by atoms with Crippen molar-refractivity contribution in [3.63, 3.8) is 0 Å². The average Bonchev–Trinajstić information content (AvgIpc) is 2.16. The topological polar surface area (TPSA) is 30.5 Å². The lowest BCUT2D eigenvalue weighted by Gasteiger charge is -2.04. The molecule has 0 amide bonds. The molecule has 0 unspecified atom stereocenters. The van der Waals surface area contributed by atoms with Crippen molar-refractivity contribution in [2.24, 2.45) is 0 Å². The summed E-state index contributed by atoms with van der Waals surface area (Å²) in [5.41, 5.74) is 0. The highest BCUT2D eigenvalue weighted by Crippen LogP contribution is 1.86. The van der Waals surface area contributed by atoms with Gasteiger partial charge in [-0.1, -0.05) is 0 Å². The van der Waals surface area contributed by atoms with Crippen LogP contribution in [0.3, 0.4) is 0 Å². The largest absolute Gasteiger partial charge is 0.385 e. The van der Waals surface area contributed by atoms with Crippen molar-refractivity contribution in [1.82, 2.24) is 5.32 Å². The number of methoxy groups -OCH3 is 1. The van der Waals surface area contributed by atoms with E-state index in [1.54, 1.807) is 7.11 Å². The first-order chi connectivity index (χ1) is 6.41. The number of alkyl halides is 1. The minimum absolute atomic E-state index is 0.577. The molecular weight excluding hydrogens is 190 g/mol. The van der Waals surface area contributed by atoms with Gasteiger partial charge in [-0.15, -0.1) is 11.6 Å². The highest BCUT2D eigenvalue weighted by Gasteiger charge is 1.89. The molecule has 0 aliphatic heterocycles. The van der Waals surface area contributed by atoms with Crippen molar-refractivity contribution in [3.05, 3.63) is 0 Å². The van der Waals surface area contributed by atoms with E-state index in [0.717, 1.165) is 39.1 Å². The Morgan fingerprint density at radius 3 is 2.62 bits per heavy atom. The standard InChI is InChI=1S/C9H20ClNO2/c1-12-7-3-2-5-11-6-9-13-8-4-10/h11H,2-9H2,1H3. The van der Waals surface area contributed by atoms with Gasteiger partial charge in [0.05, 0.1) is 13.2 Å². The van der Waals surface area contributed by atoms with E-state index in [-0.39, 0.29) is 0 Å². The summed E-state index contributed by atoms with van der Waals surface area (Å²) in [6.07, 6.45) is 2.27. The SMILES string of the molecule is COCCCCNCCOCCCl. The third-order valence-corrected chi connectivity index (χ3v) is 1.75. The van der Waals surface area contributed by atoms with Crippen molar-refractivity contribution >= 4 is 11.6 Å². The maximum Gasteiger partial charge on any atom is 0.0602 e. The monoisotopic (exact) mass is 209 g/mol. The summed E-state index contributed by atoms with van der Waals surface area (Å²) in [5.74, 6) is 0.577. The number of ether oxygens (including phenoxy) is 2. The molecule has 3 nitrogen and oxygen atoms in total. The van der Waals surface area contributed by atoms with E-state index in [1.807, 2.05) is 0 Å². The van der Waals surface area contributed by atoms with Crippen molar-refractivity contribution < 1.29 is 9.47 Å². The fourth-order valence-corrected chi connectivity index (χ4v) is 1.03. The zero-order valence-electron chi connectivity index (χ0n) is 8.35.